The number of pyridine rings is 1. The molecule has 112 valence electrons. The fourth-order valence-corrected chi connectivity index (χ4v) is 2.37. The van der Waals surface area contributed by atoms with Gasteiger partial charge in [0.15, 0.2) is 0 Å². The highest BCUT2D eigenvalue weighted by Crippen LogP contribution is 2.19. The molecule has 3 nitrogen and oxygen atoms in total. The number of hydrogen-bond acceptors (Lipinski definition) is 2. The van der Waals surface area contributed by atoms with Crippen molar-refractivity contribution < 1.29 is 9.18 Å². The van der Waals surface area contributed by atoms with E-state index < -0.39 is 0 Å². The number of amides is 1. The van der Waals surface area contributed by atoms with Gasteiger partial charge in [0.25, 0.3) is 5.91 Å². The SMILES string of the molecule is CCCCCCNC(=O)c1cc(C)nc2ccc(F)cc12. The number of fused-ring (bicyclic) bond motifs is 1. The minimum Gasteiger partial charge on any atom is -0.352 e. The average Bonchev–Trinajstić information content (AvgIpc) is 2.46. The van der Waals surface area contributed by atoms with Crippen LogP contribution in [0.25, 0.3) is 10.9 Å². The van der Waals surface area contributed by atoms with Crippen LogP contribution in [0.1, 0.15) is 48.7 Å². The van der Waals surface area contributed by atoms with Crippen LogP contribution in [-0.2, 0) is 0 Å². The van der Waals surface area contributed by atoms with Gasteiger partial charge in [-0.15, -0.1) is 0 Å². The highest BCUT2D eigenvalue weighted by Gasteiger charge is 2.12. The van der Waals surface area contributed by atoms with E-state index in [1.165, 1.54) is 25.0 Å². The Morgan fingerprint density at radius 1 is 1.24 bits per heavy atom. The molecule has 0 saturated heterocycles. The summed E-state index contributed by atoms with van der Waals surface area (Å²) in [4.78, 5) is 16.6. The molecule has 0 aliphatic heterocycles. The van der Waals surface area contributed by atoms with Gasteiger partial charge in [-0.25, -0.2) is 4.39 Å². The molecule has 0 radical (unpaired) electrons. The number of aryl methyl sites for hydroxylation is 1. The number of aromatic nitrogens is 1. The fraction of sp³-hybridized carbons (Fsp3) is 0.412. The van der Waals surface area contributed by atoms with E-state index >= 15 is 0 Å². The Labute approximate surface area is 124 Å². The third-order valence-corrected chi connectivity index (χ3v) is 3.46. The Morgan fingerprint density at radius 3 is 2.81 bits per heavy atom. The third-order valence-electron chi connectivity index (χ3n) is 3.46. The van der Waals surface area contributed by atoms with Gasteiger partial charge in [-0.2, -0.15) is 0 Å². The third kappa shape index (κ3) is 4.00. The van der Waals surface area contributed by atoms with E-state index in [-0.39, 0.29) is 11.7 Å². The zero-order valence-corrected chi connectivity index (χ0v) is 12.6. The second kappa shape index (κ2) is 7.16. The summed E-state index contributed by atoms with van der Waals surface area (Å²) in [6.45, 7) is 4.64. The average molecular weight is 288 g/mol. The summed E-state index contributed by atoms with van der Waals surface area (Å²) in [5.41, 5.74) is 1.89. The first kappa shape index (κ1) is 15.4. The van der Waals surface area contributed by atoms with Gasteiger partial charge in [0, 0.05) is 17.6 Å². The van der Waals surface area contributed by atoms with Gasteiger partial charge < -0.3 is 5.32 Å². The molecule has 1 heterocycles. The Balaban J connectivity index is 2.16. The van der Waals surface area contributed by atoms with Crippen LogP contribution in [0.3, 0.4) is 0 Å². The lowest BCUT2D eigenvalue weighted by atomic mass is 10.1. The van der Waals surface area contributed by atoms with Crippen molar-refractivity contribution in [2.75, 3.05) is 6.54 Å². The number of halogens is 1. The number of carbonyl (C=O) groups excluding carboxylic acids is 1. The van der Waals surface area contributed by atoms with E-state index in [1.807, 2.05) is 6.92 Å². The van der Waals surface area contributed by atoms with E-state index in [9.17, 15) is 9.18 Å². The van der Waals surface area contributed by atoms with E-state index in [0.29, 0.717) is 23.0 Å². The summed E-state index contributed by atoms with van der Waals surface area (Å²) in [6.07, 6.45) is 4.43. The predicted molar refractivity (Wildman–Crippen MR) is 82.9 cm³/mol. The monoisotopic (exact) mass is 288 g/mol. The quantitative estimate of drug-likeness (QED) is 0.817. The molecule has 1 aromatic carbocycles. The topological polar surface area (TPSA) is 42.0 Å². The minimum atomic E-state index is -0.356. The van der Waals surface area contributed by atoms with Crippen molar-refractivity contribution in [2.24, 2.45) is 0 Å². The van der Waals surface area contributed by atoms with E-state index in [4.69, 9.17) is 0 Å². The van der Waals surface area contributed by atoms with Gasteiger partial charge in [0.1, 0.15) is 5.82 Å². The van der Waals surface area contributed by atoms with Crippen molar-refractivity contribution in [3.8, 4) is 0 Å². The Hall–Kier alpha value is -1.97. The van der Waals surface area contributed by atoms with Crippen molar-refractivity contribution in [3.63, 3.8) is 0 Å². The van der Waals surface area contributed by atoms with Crippen LogP contribution in [0.15, 0.2) is 24.3 Å². The van der Waals surface area contributed by atoms with Gasteiger partial charge in [-0.1, -0.05) is 26.2 Å². The molecule has 4 heteroatoms. The van der Waals surface area contributed by atoms with E-state index in [1.54, 1.807) is 12.1 Å². The van der Waals surface area contributed by atoms with Crippen LogP contribution in [0, 0.1) is 12.7 Å². The second-order valence-corrected chi connectivity index (χ2v) is 5.29. The molecule has 1 amide bonds. The van der Waals surface area contributed by atoms with Crippen LogP contribution in [-0.4, -0.2) is 17.4 Å². The summed E-state index contributed by atoms with van der Waals surface area (Å²) < 4.78 is 13.4. The molecule has 1 aromatic heterocycles. The number of rotatable bonds is 6. The maximum Gasteiger partial charge on any atom is 0.252 e. The van der Waals surface area contributed by atoms with Crippen molar-refractivity contribution in [1.82, 2.24) is 10.3 Å². The summed E-state index contributed by atoms with van der Waals surface area (Å²) in [5, 5.41) is 3.47. The molecule has 1 N–H and O–H groups in total. The largest absolute Gasteiger partial charge is 0.352 e. The maximum absolute atomic E-state index is 13.4. The van der Waals surface area contributed by atoms with Crippen LogP contribution in [0.2, 0.25) is 0 Å². The number of nitrogens with one attached hydrogen (secondary N) is 1. The summed E-state index contributed by atoms with van der Waals surface area (Å²) in [7, 11) is 0. The lowest BCUT2D eigenvalue weighted by Crippen LogP contribution is -2.25. The molecule has 0 fully saturated rings. The normalized spacial score (nSPS) is 10.8. The summed E-state index contributed by atoms with van der Waals surface area (Å²) in [6, 6.07) is 6.05. The molecular weight excluding hydrogens is 267 g/mol. The number of carbonyl (C=O) groups is 1. The van der Waals surface area contributed by atoms with Gasteiger partial charge in [0.2, 0.25) is 0 Å². The molecule has 0 aliphatic rings. The highest BCUT2D eigenvalue weighted by molar-refractivity contribution is 6.06. The van der Waals surface area contributed by atoms with Gasteiger partial charge >= 0.3 is 0 Å². The van der Waals surface area contributed by atoms with Crippen molar-refractivity contribution in [2.45, 2.75) is 39.5 Å². The predicted octanol–water partition coefficient (Wildman–Crippen LogP) is 3.99. The number of nitrogens with zero attached hydrogens (tertiary/aromatic N) is 1. The van der Waals surface area contributed by atoms with Gasteiger partial charge in [-0.3, -0.25) is 9.78 Å². The summed E-state index contributed by atoms with van der Waals surface area (Å²) in [5.74, 6) is -0.516. The van der Waals surface area contributed by atoms with Crippen LogP contribution < -0.4 is 5.32 Å². The number of unbranched alkanes of at least 4 members (excludes halogenated alkanes) is 3. The Kier molecular flexibility index (Phi) is 5.26. The first-order valence-electron chi connectivity index (χ1n) is 7.47. The molecule has 0 saturated carbocycles. The molecule has 2 rings (SSSR count). The summed E-state index contributed by atoms with van der Waals surface area (Å²) >= 11 is 0. The molecule has 0 bridgehead atoms. The fourth-order valence-electron chi connectivity index (χ4n) is 2.37. The van der Waals surface area contributed by atoms with Gasteiger partial charge in [0.05, 0.1) is 11.1 Å². The van der Waals surface area contributed by atoms with Crippen LogP contribution in [0.4, 0.5) is 4.39 Å². The van der Waals surface area contributed by atoms with Gasteiger partial charge in [-0.05, 0) is 37.6 Å². The van der Waals surface area contributed by atoms with E-state index in [2.05, 4.69) is 17.2 Å². The Bertz CT molecular complexity index is 640. The van der Waals surface area contributed by atoms with Crippen LogP contribution in [0.5, 0.6) is 0 Å². The standard InChI is InChI=1S/C17H21FN2O/c1-3-4-5-6-9-19-17(21)15-10-12(2)20-16-8-7-13(18)11-14(15)16/h7-8,10-11H,3-6,9H2,1-2H3,(H,19,21). The molecular formula is C17H21FN2O. The van der Waals surface area contributed by atoms with Crippen molar-refractivity contribution in [3.05, 3.63) is 41.3 Å². The molecule has 0 aliphatic carbocycles. The maximum atomic E-state index is 13.4. The zero-order valence-electron chi connectivity index (χ0n) is 12.6. The molecule has 0 spiro atoms. The molecule has 0 unspecified atom stereocenters. The van der Waals surface area contributed by atoms with Crippen molar-refractivity contribution in [1.29, 1.82) is 0 Å². The first-order valence-corrected chi connectivity index (χ1v) is 7.47. The smallest absolute Gasteiger partial charge is 0.252 e. The first-order chi connectivity index (χ1) is 10.1. The molecule has 0 atom stereocenters. The number of benzene rings is 1. The molecule has 21 heavy (non-hydrogen) atoms. The Morgan fingerprint density at radius 2 is 2.05 bits per heavy atom. The second-order valence-electron chi connectivity index (χ2n) is 5.29. The highest BCUT2D eigenvalue weighted by atomic mass is 19.1. The lowest BCUT2D eigenvalue weighted by molar-refractivity contribution is 0.0954. The number of hydrogen-bond donors (Lipinski definition) is 1. The van der Waals surface area contributed by atoms with E-state index in [0.717, 1.165) is 18.5 Å². The molecule has 2 aromatic rings. The lowest BCUT2D eigenvalue weighted by Gasteiger charge is -2.09. The zero-order chi connectivity index (χ0) is 15.2. The van der Waals surface area contributed by atoms with Crippen LogP contribution >= 0.6 is 0 Å². The van der Waals surface area contributed by atoms with Crippen molar-refractivity contribution >= 4 is 16.8 Å². The minimum absolute atomic E-state index is 0.160.